The van der Waals surface area contributed by atoms with Crippen molar-refractivity contribution in [3.8, 4) is 22.5 Å². The van der Waals surface area contributed by atoms with Crippen LogP contribution in [-0.4, -0.2) is 9.97 Å². The summed E-state index contributed by atoms with van der Waals surface area (Å²) in [5, 5.41) is 0. The maximum absolute atomic E-state index is 4.79. The van der Waals surface area contributed by atoms with Crippen LogP contribution in [0.15, 0.2) is 48.8 Å². The summed E-state index contributed by atoms with van der Waals surface area (Å²) in [6.07, 6.45) is 3.66. The van der Waals surface area contributed by atoms with Crippen LogP contribution in [-0.2, 0) is 0 Å². The van der Waals surface area contributed by atoms with Crippen LogP contribution in [0.5, 0.6) is 0 Å². The first-order valence-corrected chi connectivity index (χ1v) is 7.52. The van der Waals surface area contributed by atoms with Crippen molar-refractivity contribution < 1.29 is 0 Å². The zero-order chi connectivity index (χ0) is 15.7. The van der Waals surface area contributed by atoms with Crippen molar-refractivity contribution in [3.05, 3.63) is 71.0 Å². The lowest BCUT2D eigenvalue weighted by Crippen LogP contribution is -1.92. The Bertz CT molecular complexity index is 768. The minimum Gasteiger partial charge on any atom is -0.260 e. The van der Waals surface area contributed by atoms with Gasteiger partial charge in [0.05, 0.1) is 23.8 Å². The molecule has 0 spiro atoms. The number of benzene rings is 2. The average Bonchev–Trinajstić information content (AvgIpc) is 2.53. The molecule has 0 radical (unpaired) electrons. The number of rotatable bonds is 2. The lowest BCUT2D eigenvalue weighted by Gasteiger charge is -2.08. The molecule has 0 bridgehead atoms. The maximum Gasteiger partial charge on any atom is 0.0892 e. The third-order valence-corrected chi connectivity index (χ3v) is 4.24. The van der Waals surface area contributed by atoms with Crippen LogP contribution in [0.25, 0.3) is 22.5 Å². The van der Waals surface area contributed by atoms with Gasteiger partial charge in [0, 0.05) is 11.1 Å². The summed E-state index contributed by atoms with van der Waals surface area (Å²) >= 11 is 0. The van der Waals surface area contributed by atoms with Gasteiger partial charge in [-0.1, -0.05) is 24.3 Å². The second kappa shape index (κ2) is 5.72. The molecule has 1 heterocycles. The Labute approximate surface area is 131 Å². The molecule has 22 heavy (non-hydrogen) atoms. The summed E-state index contributed by atoms with van der Waals surface area (Å²) in [4.78, 5) is 9.17. The molecule has 3 rings (SSSR count). The Morgan fingerprint density at radius 1 is 0.591 bits per heavy atom. The minimum atomic E-state index is 0.916. The van der Waals surface area contributed by atoms with Gasteiger partial charge in [0.1, 0.15) is 0 Å². The van der Waals surface area contributed by atoms with Gasteiger partial charge in [0.2, 0.25) is 0 Å². The molecule has 2 aromatic carbocycles. The van der Waals surface area contributed by atoms with Gasteiger partial charge in [0.25, 0.3) is 0 Å². The second-order valence-electron chi connectivity index (χ2n) is 5.89. The minimum absolute atomic E-state index is 0.916. The van der Waals surface area contributed by atoms with Crippen LogP contribution in [0.3, 0.4) is 0 Å². The summed E-state index contributed by atoms with van der Waals surface area (Å²) in [7, 11) is 0. The molecule has 0 aliphatic rings. The van der Waals surface area contributed by atoms with Gasteiger partial charge < -0.3 is 0 Å². The molecule has 0 amide bonds. The molecule has 0 aliphatic carbocycles. The molecule has 0 N–H and O–H groups in total. The maximum atomic E-state index is 4.79. The predicted octanol–water partition coefficient (Wildman–Crippen LogP) is 5.04. The number of nitrogens with zero attached hydrogens (tertiary/aromatic N) is 2. The molecular formula is C20H20N2. The lowest BCUT2D eigenvalue weighted by atomic mass is 10.0. The summed E-state index contributed by atoms with van der Waals surface area (Å²) in [5.41, 5.74) is 9.19. The number of hydrogen-bond donors (Lipinski definition) is 0. The van der Waals surface area contributed by atoms with Crippen LogP contribution in [0, 0.1) is 27.7 Å². The van der Waals surface area contributed by atoms with Gasteiger partial charge in [0.15, 0.2) is 0 Å². The van der Waals surface area contributed by atoms with E-state index in [0.29, 0.717) is 0 Å². The SMILES string of the molecule is Cc1ccc(-c2cncc(-c3ccc(C)c(C)c3)n2)cc1C. The molecule has 0 saturated heterocycles. The number of aryl methyl sites for hydroxylation is 4. The zero-order valence-corrected chi connectivity index (χ0v) is 13.5. The van der Waals surface area contributed by atoms with Crippen molar-refractivity contribution in [1.82, 2.24) is 9.97 Å². The summed E-state index contributed by atoms with van der Waals surface area (Å²) in [5.74, 6) is 0. The Balaban J connectivity index is 2.05. The number of hydrogen-bond acceptors (Lipinski definition) is 2. The molecule has 3 aromatic rings. The fourth-order valence-electron chi connectivity index (χ4n) is 2.45. The van der Waals surface area contributed by atoms with Crippen molar-refractivity contribution in [2.75, 3.05) is 0 Å². The molecular weight excluding hydrogens is 268 g/mol. The van der Waals surface area contributed by atoms with E-state index in [2.05, 4.69) is 69.1 Å². The van der Waals surface area contributed by atoms with Crippen molar-refractivity contribution in [2.24, 2.45) is 0 Å². The van der Waals surface area contributed by atoms with E-state index in [9.17, 15) is 0 Å². The van der Waals surface area contributed by atoms with Crippen LogP contribution >= 0.6 is 0 Å². The average molecular weight is 288 g/mol. The Morgan fingerprint density at radius 3 is 1.45 bits per heavy atom. The van der Waals surface area contributed by atoms with Crippen molar-refractivity contribution in [3.63, 3.8) is 0 Å². The van der Waals surface area contributed by atoms with E-state index in [4.69, 9.17) is 4.98 Å². The molecule has 0 saturated carbocycles. The highest BCUT2D eigenvalue weighted by molar-refractivity contribution is 5.66. The first kappa shape index (κ1) is 14.5. The van der Waals surface area contributed by atoms with E-state index in [1.54, 1.807) is 0 Å². The van der Waals surface area contributed by atoms with Gasteiger partial charge in [-0.3, -0.25) is 4.98 Å². The molecule has 2 heteroatoms. The van der Waals surface area contributed by atoms with Crippen LogP contribution in [0.1, 0.15) is 22.3 Å². The van der Waals surface area contributed by atoms with Gasteiger partial charge in [-0.25, -0.2) is 4.98 Å². The Morgan fingerprint density at radius 2 is 1.05 bits per heavy atom. The first-order chi connectivity index (χ1) is 10.5. The number of aromatic nitrogens is 2. The van der Waals surface area contributed by atoms with Gasteiger partial charge in [-0.05, 0) is 62.1 Å². The second-order valence-corrected chi connectivity index (χ2v) is 5.89. The van der Waals surface area contributed by atoms with Crippen molar-refractivity contribution in [2.45, 2.75) is 27.7 Å². The molecule has 2 nitrogen and oxygen atoms in total. The highest BCUT2D eigenvalue weighted by Crippen LogP contribution is 2.24. The first-order valence-electron chi connectivity index (χ1n) is 7.52. The molecule has 0 unspecified atom stereocenters. The Hall–Kier alpha value is -2.48. The quantitative estimate of drug-likeness (QED) is 0.660. The standard InChI is InChI=1S/C20H20N2/c1-13-5-7-17(9-15(13)3)19-11-21-12-20(22-19)18-8-6-14(2)16(4)10-18/h5-12H,1-4H3. The van der Waals surface area contributed by atoms with Gasteiger partial charge in [-0.2, -0.15) is 0 Å². The smallest absolute Gasteiger partial charge is 0.0892 e. The van der Waals surface area contributed by atoms with E-state index in [0.717, 1.165) is 22.5 Å². The Kier molecular flexibility index (Phi) is 3.76. The highest BCUT2D eigenvalue weighted by Gasteiger charge is 2.06. The normalized spacial score (nSPS) is 10.7. The fraction of sp³-hybridized carbons (Fsp3) is 0.200. The van der Waals surface area contributed by atoms with E-state index in [1.165, 1.54) is 22.3 Å². The fourth-order valence-corrected chi connectivity index (χ4v) is 2.45. The molecule has 0 fully saturated rings. The summed E-state index contributed by atoms with van der Waals surface area (Å²) in [6, 6.07) is 12.8. The van der Waals surface area contributed by atoms with Crippen LogP contribution in [0.4, 0.5) is 0 Å². The topological polar surface area (TPSA) is 25.8 Å². The van der Waals surface area contributed by atoms with Crippen molar-refractivity contribution >= 4 is 0 Å². The van der Waals surface area contributed by atoms with Crippen LogP contribution < -0.4 is 0 Å². The van der Waals surface area contributed by atoms with E-state index in [-0.39, 0.29) is 0 Å². The van der Waals surface area contributed by atoms with E-state index >= 15 is 0 Å². The molecule has 0 atom stereocenters. The molecule has 110 valence electrons. The van der Waals surface area contributed by atoms with Crippen molar-refractivity contribution in [1.29, 1.82) is 0 Å². The summed E-state index contributed by atoms with van der Waals surface area (Å²) < 4.78 is 0. The lowest BCUT2D eigenvalue weighted by molar-refractivity contribution is 1.20. The third kappa shape index (κ3) is 2.77. The molecule has 1 aromatic heterocycles. The zero-order valence-electron chi connectivity index (χ0n) is 13.5. The largest absolute Gasteiger partial charge is 0.260 e. The highest BCUT2D eigenvalue weighted by atomic mass is 14.8. The van der Waals surface area contributed by atoms with Crippen LogP contribution in [0.2, 0.25) is 0 Å². The van der Waals surface area contributed by atoms with E-state index in [1.807, 2.05) is 12.4 Å². The predicted molar refractivity (Wildman–Crippen MR) is 91.9 cm³/mol. The van der Waals surface area contributed by atoms with Gasteiger partial charge >= 0.3 is 0 Å². The monoisotopic (exact) mass is 288 g/mol. The summed E-state index contributed by atoms with van der Waals surface area (Å²) in [6.45, 7) is 8.49. The third-order valence-electron chi connectivity index (χ3n) is 4.24. The van der Waals surface area contributed by atoms with E-state index < -0.39 is 0 Å². The molecule has 0 aliphatic heterocycles. The van der Waals surface area contributed by atoms with Gasteiger partial charge in [-0.15, -0.1) is 0 Å².